The molecule has 2 N–H and O–H groups in total. The molecule has 7 heteroatoms. The Hall–Kier alpha value is -4.39. The number of aliphatic hydroxyl groups is 1. The van der Waals surface area contributed by atoms with Crippen molar-refractivity contribution >= 4 is 34.7 Å². The highest BCUT2D eigenvalue weighted by molar-refractivity contribution is 6.51. The number of aliphatic hydroxyl groups excluding tert-OH is 1. The van der Waals surface area contributed by atoms with E-state index in [0.717, 1.165) is 17.5 Å². The summed E-state index contributed by atoms with van der Waals surface area (Å²) in [5, 5.41) is 14.4. The fourth-order valence-corrected chi connectivity index (χ4v) is 5.01. The Bertz CT molecular complexity index is 1470. The average molecular weight is 527 g/mol. The number of anilines is 2. The fourth-order valence-electron chi connectivity index (χ4n) is 5.01. The molecule has 0 aliphatic carbocycles. The molecule has 1 fully saturated rings. The van der Waals surface area contributed by atoms with E-state index >= 15 is 0 Å². The van der Waals surface area contributed by atoms with Crippen LogP contribution in [0.3, 0.4) is 0 Å². The second-order valence-electron chi connectivity index (χ2n) is 10.1. The van der Waals surface area contributed by atoms with Gasteiger partial charge in [0.2, 0.25) is 5.91 Å². The number of rotatable bonds is 7. The quantitative estimate of drug-likeness (QED) is 0.215. The van der Waals surface area contributed by atoms with Crippen molar-refractivity contribution in [1.82, 2.24) is 0 Å². The maximum absolute atomic E-state index is 13.6. The third-order valence-electron chi connectivity index (χ3n) is 7.05. The lowest BCUT2D eigenvalue weighted by Crippen LogP contribution is -2.29. The molecule has 1 aliphatic rings. The van der Waals surface area contributed by atoms with Gasteiger partial charge in [-0.05, 0) is 71.8 Å². The second-order valence-corrected chi connectivity index (χ2v) is 10.1. The van der Waals surface area contributed by atoms with Crippen LogP contribution in [-0.4, -0.2) is 29.8 Å². The number of amides is 2. The summed E-state index contributed by atoms with van der Waals surface area (Å²) in [6, 6.07) is 17.2. The van der Waals surface area contributed by atoms with Gasteiger partial charge in [0, 0.05) is 23.9 Å². The number of carbonyl (C=O) groups excluding carboxylic acids is 3. The number of ketones is 1. The zero-order valence-electron chi connectivity index (χ0n) is 23.2. The Morgan fingerprint density at radius 1 is 1.08 bits per heavy atom. The molecule has 0 spiro atoms. The van der Waals surface area contributed by atoms with Gasteiger partial charge in [-0.3, -0.25) is 19.3 Å². The number of hydrogen-bond acceptors (Lipinski definition) is 5. The highest BCUT2D eigenvalue weighted by atomic mass is 16.5. The molecule has 2 amide bonds. The summed E-state index contributed by atoms with van der Waals surface area (Å²) in [5.41, 5.74) is 4.80. The molecule has 0 radical (unpaired) electrons. The Kier molecular flexibility index (Phi) is 7.90. The van der Waals surface area contributed by atoms with Crippen molar-refractivity contribution in [2.45, 2.75) is 53.0 Å². The van der Waals surface area contributed by atoms with Crippen LogP contribution < -0.4 is 15.0 Å². The third kappa shape index (κ3) is 5.30. The molecule has 1 heterocycles. The van der Waals surface area contributed by atoms with Crippen molar-refractivity contribution in [2.75, 3.05) is 17.3 Å². The summed E-state index contributed by atoms with van der Waals surface area (Å²) in [6.45, 7) is 9.32. The molecule has 0 bridgehead atoms. The number of carbonyl (C=O) groups is 3. The molecular formula is C32H34N2O5. The minimum atomic E-state index is -0.868. The van der Waals surface area contributed by atoms with Gasteiger partial charge in [0.25, 0.3) is 11.7 Å². The van der Waals surface area contributed by atoms with Crippen molar-refractivity contribution < 1.29 is 24.2 Å². The van der Waals surface area contributed by atoms with E-state index in [-0.39, 0.29) is 23.2 Å². The SMILES string of the molecule is CCc1ccc(C2/C(=C(\O)c3cc(C(C)C)c(OC)cc3C)C(=O)C(=O)N2c2cccc(NC(C)=O)c2)cc1. The van der Waals surface area contributed by atoms with Crippen molar-refractivity contribution in [3.8, 4) is 5.75 Å². The van der Waals surface area contributed by atoms with E-state index in [1.165, 1.54) is 11.8 Å². The summed E-state index contributed by atoms with van der Waals surface area (Å²) in [6.07, 6.45) is 0.836. The molecule has 3 aromatic rings. The van der Waals surface area contributed by atoms with Crippen molar-refractivity contribution in [2.24, 2.45) is 0 Å². The molecule has 202 valence electrons. The molecule has 0 aromatic heterocycles. The number of Topliss-reactive ketones (excluding diaryl/α,β-unsaturated/α-hetero) is 1. The first-order chi connectivity index (χ1) is 18.6. The summed E-state index contributed by atoms with van der Waals surface area (Å²) in [7, 11) is 1.60. The summed E-state index contributed by atoms with van der Waals surface area (Å²) in [4.78, 5) is 40.3. The number of hydrogen-bond donors (Lipinski definition) is 2. The molecule has 1 unspecified atom stereocenters. The lowest BCUT2D eigenvalue weighted by atomic mass is 9.90. The molecule has 4 rings (SSSR count). The van der Waals surface area contributed by atoms with E-state index in [9.17, 15) is 19.5 Å². The van der Waals surface area contributed by atoms with E-state index in [4.69, 9.17) is 4.74 Å². The summed E-state index contributed by atoms with van der Waals surface area (Å²) >= 11 is 0. The van der Waals surface area contributed by atoms with Gasteiger partial charge in [0.15, 0.2) is 0 Å². The maximum atomic E-state index is 13.6. The van der Waals surface area contributed by atoms with Crippen LogP contribution in [0.1, 0.15) is 67.5 Å². The van der Waals surface area contributed by atoms with E-state index in [1.807, 2.05) is 64.1 Å². The summed E-state index contributed by atoms with van der Waals surface area (Å²) in [5.74, 6) is -1.22. The number of nitrogens with one attached hydrogen (secondary N) is 1. The van der Waals surface area contributed by atoms with Gasteiger partial charge in [0.05, 0.1) is 18.7 Å². The first kappa shape index (κ1) is 27.6. The van der Waals surface area contributed by atoms with Crippen LogP contribution in [-0.2, 0) is 20.8 Å². The van der Waals surface area contributed by atoms with E-state index < -0.39 is 17.7 Å². The molecule has 1 atom stereocenters. The van der Waals surface area contributed by atoms with Gasteiger partial charge in [-0.2, -0.15) is 0 Å². The standard InChI is InChI=1S/C32H34N2O5/c1-7-21-11-13-22(14-12-21)29-28(30(36)26-17-25(18(2)3)27(39-6)15-19(26)4)31(37)32(38)34(29)24-10-8-9-23(16-24)33-20(5)35/h8-18,29,36H,7H2,1-6H3,(H,33,35)/b30-28+. The Morgan fingerprint density at radius 2 is 1.77 bits per heavy atom. The van der Waals surface area contributed by atoms with Crippen LogP contribution in [0.5, 0.6) is 5.75 Å². The van der Waals surface area contributed by atoms with Crippen molar-refractivity contribution in [3.63, 3.8) is 0 Å². The zero-order chi connectivity index (χ0) is 28.4. The van der Waals surface area contributed by atoms with Gasteiger partial charge in [-0.15, -0.1) is 0 Å². The van der Waals surface area contributed by atoms with E-state index in [0.29, 0.717) is 33.8 Å². The molecule has 1 saturated heterocycles. The third-order valence-corrected chi connectivity index (χ3v) is 7.05. The minimum absolute atomic E-state index is 0.0113. The van der Waals surface area contributed by atoms with Crippen LogP contribution in [0.25, 0.3) is 5.76 Å². The van der Waals surface area contributed by atoms with Gasteiger partial charge in [-0.1, -0.05) is 51.1 Å². The number of methoxy groups -OCH3 is 1. The number of aryl methyl sites for hydroxylation is 2. The normalized spacial score (nSPS) is 16.6. The number of nitrogens with zero attached hydrogens (tertiary/aromatic N) is 1. The zero-order valence-corrected chi connectivity index (χ0v) is 23.2. The van der Waals surface area contributed by atoms with Crippen LogP contribution in [0, 0.1) is 6.92 Å². The predicted octanol–water partition coefficient (Wildman–Crippen LogP) is 6.27. The van der Waals surface area contributed by atoms with Crippen LogP contribution in [0.15, 0.2) is 66.2 Å². The lowest BCUT2D eigenvalue weighted by molar-refractivity contribution is -0.132. The largest absolute Gasteiger partial charge is 0.507 e. The highest BCUT2D eigenvalue weighted by Crippen LogP contribution is 2.44. The van der Waals surface area contributed by atoms with Crippen molar-refractivity contribution in [1.29, 1.82) is 0 Å². The highest BCUT2D eigenvalue weighted by Gasteiger charge is 2.47. The first-order valence-corrected chi connectivity index (χ1v) is 13.0. The summed E-state index contributed by atoms with van der Waals surface area (Å²) < 4.78 is 5.55. The van der Waals surface area contributed by atoms with Crippen molar-refractivity contribution in [3.05, 3.63) is 94.1 Å². The molecule has 39 heavy (non-hydrogen) atoms. The van der Waals surface area contributed by atoms with Gasteiger partial charge < -0.3 is 15.2 Å². The molecule has 1 aliphatic heterocycles. The predicted molar refractivity (Wildman–Crippen MR) is 153 cm³/mol. The minimum Gasteiger partial charge on any atom is -0.507 e. The molecule has 0 saturated carbocycles. The lowest BCUT2D eigenvalue weighted by Gasteiger charge is -2.26. The van der Waals surface area contributed by atoms with Crippen LogP contribution in [0.4, 0.5) is 11.4 Å². The Morgan fingerprint density at radius 3 is 2.36 bits per heavy atom. The van der Waals surface area contributed by atoms with Crippen LogP contribution >= 0.6 is 0 Å². The molecular weight excluding hydrogens is 492 g/mol. The molecule has 3 aromatic carbocycles. The van der Waals surface area contributed by atoms with E-state index in [2.05, 4.69) is 5.32 Å². The number of ether oxygens (including phenoxy) is 1. The van der Waals surface area contributed by atoms with Gasteiger partial charge in [-0.25, -0.2) is 0 Å². The second kappa shape index (κ2) is 11.2. The first-order valence-electron chi connectivity index (χ1n) is 13.0. The molecule has 7 nitrogen and oxygen atoms in total. The average Bonchev–Trinajstić information content (AvgIpc) is 3.17. The Balaban J connectivity index is 1.96. The van der Waals surface area contributed by atoms with Crippen LogP contribution in [0.2, 0.25) is 0 Å². The smallest absolute Gasteiger partial charge is 0.300 e. The maximum Gasteiger partial charge on any atom is 0.300 e. The monoisotopic (exact) mass is 526 g/mol. The van der Waals surface area contributed by atoms with E-state index in [1.54, 1.807) is 31.4 Å². The Labute approximate surface area is 229 Å². The van der Waals surface area contributed by atoms with Gasteiger partial charge >= 0.3 is 0 Å². The fraction of sp³-hybridized carbons (Fsp3) is 0.281. The van der Waals surface area contributed by atoms with Gasteiger partial charge in [0.1, 0.15) is 11.5 Å². The topological polar surface area (TPSA) is 95.9 Å². The number of benzene rings is 3.